The van der Waals surface area contributed by atoms with Gasteiger partial charge < -0.3 is 5.32 Å². The van der Waals surface area contributed by atoms with Gasteiger partial charge in [0, 0.05) is 6.04 Å². The van der Waals surface area contributed by atoms with E-state index in [1.807, 2.05) is 0 Å². The largest absolute Gasteiger partial charge is 0.380 e. The Morgan fingerprint density at radius 3 is 3.06 bits per heavy atom. The molecule has 5 heteroatoms. The molecule has 2 atom stereocenters. The van der Waals surface area contributed by atoms with Gasteiger partial charge in [-0.05, 0) is 34.7 Å². The zero-order chi connectivity index (χ0) is 13.1. The molecule has 0 spiro atoms. The maximum Gasteiger partial charge on any atom is 0.283 e. The molecule has 1 aromatic heterocycles. The monoisotopic (exact) mass is 311 g/mol. The normalized spacial score (nSPS) is 23.0. The number of allylic oxidation sites excluding steroid dienone is 1. The van der Waals surface area contributed by atoms with E-state index in [4.69, 9.17) is 0 Å². The smallest absolute Gasteiger partial charge is 0.283 e. The Hall–Kier alpha value is -1.10. The van der Waals surface area contributed by atoms with E-state index in [0.717, 1.165) is 12.1 Å². The van der Waals surface area contributed by atoms with Crippen LogP contribution in [0.5, 0.6) is 0 Å². The van der Waals surface area contributed by atoms with E-state index in [1.54, 1.807) is 12.3 Å². The van der Waals surface area contributed by atoms with Crippen LogP contribution in [0.1, 0.15) is 26.2 Å². The molecular formula is C13H18BrN3O. The van der Waals surface area contributed by atoms with Crippen molar-refractivity contribution in [3.05, 3.63) is 33.7 Å². The highest BCUT2D eigenvalue weighted by atomic mass is 79.9. The SMILES string of the molecule is C=CCn1ncc(NC2CCCC2C)c(Br)c1=O. The minimum Gasteiger partial charge on any atom is -0.380 e. The van der Waals surface area contributed by atoms with Crippen LogP contribution < -0.4 is 10.9 Å². The van der Waals surface area contributed by atoms with Gasteiger partial charge in [-0.3, -0.25) is 4.79 Å². The van der Waals surface area contributed by atoms with Crippen LogP contribution in [0.15, 0.2) is 28.1 Å². The van der Waals surface area contributed by atoms with Crippen molar-refractivity contribution in [2.24, 2.45) is 5.92 Å². The van der Waals surface area contributed by atoms with E-state index in [9.17, 15) is 4.79 Å². The number of hydrogen-bond donors (Lipinski definition) is 1. The molecule has 2 unspecified atom stereocenters. The molecule has 1 N–H and O–H groups in total. The topological polar surface area (TPSA) is 46.9 Å². The standard InChI is InChI=1S/C13H18BrN3O/c1-3-7-17-13(18)12(14)11(8-15-17)16-10-6-4-5-9(10)2/h3,8-10,16H,1,4-7H2,2H3. The summed E-state index contributed by atoms with van der Waals surface area (Å²) >= 11 is 3.36. The number of anilines is 1. The van der Waals surface area contributed by atoms with Crippen molar-refractivity contribution in [1.82, 2.24) is 9.78 Å². The van der Waals surface area contributed by atoms with E-state index in [-0.39, 0.29) is 5.56 Å². The molecule has 1 heterocycles. The molecule has 1 aromatic rings. The van der Waals surface area contributed by atoms with E-state index in [1.165, 1.54) is 17.5 Å². The zero-order valence-corrected chi connectivity index (χ0v) is 12.1. The summed E-state index contributed by atoms with van der Waals surface area (Å²) in [6, 6.07) is 0.442. The second-order valence-corrected chi connectivity index (χ2v) is 5.60. The predicted molar refractivity (Wildman–Crippen MR) is 76.8 cm³/mol. The van der Waals surface area contributed by atoms with Gasteiger partial charge >= 0.3 is 0 Å². The van der Waals surface area contributed by atoms with E-state index >= 15 is 0 Å². The van der Waals surface area contributed by atoms with Gasteiger partial charge in [-0.1, -0.05) is 19.4 Å². The van der Waals surface area contributed by atoms with E-state index < -0.39 is 0 Å². The van der Waals surface area contributed by atoms with E-state index in [0.29, 0.717) is 23.0 Å². The summed E-state index contributed by atoms with van der Waals surface area (Å²) in [4.78, 5) is 12.0. The highest BCUT2D eigenvalue weighted by Gasteiger charge is 2.24. The fourth-order valence-electron chi connectivity index (χ4n) is 2.38. The lowest BCUT2D eigenvalue weighted by Crippen LogP contribution is -2.27. The Bertz CT molecular complexity index is 497. The Kier molecular flexibility index (Phi) is 4.22. The van der Waals surface area contributed by atoms with Crippen molar-refractivity contribution in [3.63, 3.8) is 0 Å². The summed E-state index contributed by atoms with van der Waals surface area (Å²) in [5, 5.41) is 7.56. The fourth-order valence-corrected chi connectivity index (χ4v) is 2.80. The van der Waals surface area contributed by atoms with Crippen LogP contribution in [-0.4, -0.2) is 15.8 Å². The summed E-state index contributed by atoms with van der Waals surface area (Å²) in [6.07, 6.45) is 7.02. The summed E-state index contributed by atoms with van der Waals surface area (Å²) in [5.74, 6) is 0.646. The van der Waals surface area contributed by atoms with Crippen molar-refractivity contribution in [2.75, 3.05) is 5.32 Å². The number of hydrogen-bond acceptors (Lipinski definition) is 3. The Balaban J connectivity index is 2.21. The van der Waals surface area contributed by atoms with Gasteiger partial charge in [0.25, 0.3) is 5.56 Å². The lowest BCUT2D eigenvalue weighted by molar-refractivity contribution is 0.554. The summed E-state index contributed by atoms with van der Waals surface area (Å²) < 4.78 is 1.94. The lowest BCUT2D eigenvalue weighted by Gasteiger charge is -2.19. The van der Waals surface area contributed by atoms with E-state index in [2.05, 4.69) is 39.8 Å². The second-order valence-electron chi connectivity index (χ2n) is 4.81. The molecule has 2 rings (SSSR count). The van der Waals surface area contributed by atoms with Gasteiger partial charge in [0.1, 0.15) is 4.47 Å². The van der Waals surface area contributed by atoms with Crippen molar-refractivity contribution < 1.29 is 0 Å². The number of rotatable bonds is 4. The number of halogens is 1. The average Bonchev–Trinajstić information content (AvgIpc) is 2.75. The first kappa shape index (κ1) is 13.3. The number of nitrogens with zero attached hydrogens (tertiary/aromatic N) is 2. The zero-order valence-electron chi connectivity index (χ0n) is 10.5. The summed E-state index contributed by atoms with van der Waals surface area (Å²) in [6.45, 7) is 6.28. The van der Waals surface area contributed by atoms with Crippen LogP contribution in [0.25, 0.3) is 0 Å². The van der Waals surface area contributed by atoms with Crippen LogP contribution in [-0.2, 0) is 6.54 Å². The molecule has 1 fully saturated rings. The lowest BCUT2D eigenvalue weighted by atomic mass is 10.1. The quantitative estimate of drug-likeness (QED) is 0.870. The van der Waals surface area contributed by atoms with Crippen LogP contribution in [0.4, 0.5) is 5.69 Å². The predicted octanol–water partition coefficient (Wildman–Crippen LogP) is 2.79. The highest BCUT2D eigenvalue weighted by molar-refractivity contribution is 9.10. The first-order valence-electron chi connectivity index (χ1n) is 6.26. The molecule has 4 nitrogen and oxygen atoms in total. The minimum absolute atomic E-state index is 0.120. The number of aromatic nitrogens is 2. The van der Waals surface area contributed by atoms with Gasteiger partial charge in [-0.25, -0.2) is 4.68 Å². The van der Waals surface area contributed by atoms with Gasteiger partial charge in [0.15, 0.2) is 0 Å². The third kappa shape index (κ3) is 2.66. The van der Waals surface area contributed by atoms with Crippen molar-refractivity contribution in [1.29, 1.82) is 0 Å². The average molecular weight is 312 g/mol. The molecule has 0 radical (unpaired) electrons. The van der Waals surface area contributed by atoms with Crippen molar-refractivity contribution >= 4 is 21.6 Å². The highest BCUT2D eigenvalue weighted by Crippen LogP contribution is 2.29. The molecular weight excluding hydrogens is 294 g/mol. The minimum atomic E-state index is -0.120. The van der Waals surface area contributed by atoms with Gasteiger partial charge in [-0.2, -0.15) is 5.10 Å². The second kappa shape index (κ2) is 5.69. The molecule has 18 heavy (non-hydrogen) atoms. The Labute approximate surface area is 115 Å². The van der Waals surface area contributed by atoms with Crippen molar-refractivity contribution in [3.8, 4) is 0 Å². The van der Waals surface area contributed by atoms with Crippen LogP contribution in [0, 0.1) is 5.92 Å². The molecule has 0 aliphatic heterocycles. The van der Waals surface area contributed by atoms with Crippen LogP contribution in [0.2, 0.25) is 0 Å². The fraction of sp³-hybridized carbons (Fsp3) is 0.538. The third-order valence-corrected chi connectivity index (χ3v) is 4.26. The Morgan fingerprint density at radius 2 is 2.44 bits per heavy atom. The molecule has 0 bridgehead atoms. The molecule has 0 aromatic carbocycles. The molecule has 1 saturated carbocycles. The first-order chi connectivity index (χ1) is 8.63. The van der Waals surface area contributed by atoms with Gasteiger partial charge in [0.05, 0.1) is 18.4 Å². The molecule has 0 amide bonds. The maximum absolute atomic E-state index is 12.0. The first-order valence-corrected chi connectivity index (χ1v) is 7.06. The molecule has 1 aliphatic carbocycles. The maximum atomic E-state index is 12.0. The number of nitrogens with one attached hydrogen (secondary N) is 1. The van der Waals surface area contributed by atoms with Gasteiger partial charge in [-0.15, -0.1) is 6.58 Å². The molecule has 0 saturated heterocycles. The molecule has 1 aliphatic rings. The van der Waals surface area contributed by atoms with Crippen molar-refractivity contribution in [2.45, 2.75) is 38.8 Å². The van der Waals surface area contributed by atoms with Crippen LogP contribution >= 0.6 is 15.9 Å². The van der Waals surface area contributed by atoms with Gasteiger partial charge in [0.2, 0.25) is 0 Å². The summed E-state index contributed by atoms with van der Waals surface area (Å²) in [7, 11) is 0. The molecule has 98 valence electrons. The Morgan fingerprint density at radius 1 is 1.67 bits per heavy atom. The summed E-state index contributed by atoms with van der Waals surface area (Å²) in [5.41, 5.74) is 0.671. The third-order valence-electron chi connectivity index (χ3n) is 3.49. The van der Waals surface area contributed by atoms with Crippen LogP contribution in [0.3, 0.4) is 0 Å².